The molecule has 3 heterocycles. The van der Waals surface area contributed by atoms with E-state index in [2.05, 4.69) is 25.7 Å². The molecule has 2 amide bonds. The summed E-state index contributed by atoms with van der Waals surface area (Å²) in [6, 6.07) is 18.1. The lowest BCUT2D eigenvalue weighted by atomic mass is 10.1. The Morgan fingerprint density at radius 3 is 2.40 bits per heavy atom. The summed E-state index contributed by atoms with van der Waals surface area (Å²) in [6.45, 7) is 0.108. The summed E-state index contributed by atoms with van der Waals surface area (Å²) in [5.41, 5.74) is 6.38. The van der Waals surface area contributed by atoms with Crippen molar-refractivity contribution >= 4 is 35.1 Å². The van der Waals surface area contributed by atoms with Gasteiger partial charge in [0.05, 0.1) is 16.3 Å². The second-order valence-corrected chi connectivity index (χ2v) is 8.90. The molecule has 0 saturated carbocycles. The van der Waals surface area contributed by atoms with E-state index < -0.39 is 23.4 Å². The van der Waals surface area contributed by atoms with Gasteiger partial charge in [-0.25, -0.2) is 18.4 Å². The molecule has 0 aliphatic rings. The molecule has 9 nitrogen and oxygen atoms in total. The van der Waals surface area contributed by atoms with Crippen molar-refractivity contribution in [3.63, 3.8) is 0 Å². The Morgan fingerprint density at radius 2 is 1.65 bits per heavy atom. The number of amides is 2. The first-order chi connectivity index (χ1) is 19.3. The zero-order valence-corrected chi connectivity index (χ0v) is 21.4. The van der Waals surface area contributed by atoms with E-state index in [0.717, 1.165) is 18.2 Å². The number of nitrogens with two attached hydrogens (primary N) is 1. The topological polar surface area (TPSA) is 128 Å². The van der Waals surface area contributed by atoms with E-state index in [9.17, 15) is 18.4 Å². The fourth-order valence-electron chi connectivity index (χ4n) is 3.89. The predicted octanol–water partition coefficient (Wildman–Crippen LogP) is 5.03. The van der Waals surface area contributed by atoms with Crippen LogP contribution in [0.1, 0.15) is 26.4 Å². The number of anilines is 2. The maximum absolute atomic E-state index is 14.7. The largest absolute Gasteiger partial charge is 0.383 e. The molecule has 0 aliphatic carbocycles. The number of nitrogens with zero attached hydrogens (tertiary/aromatic N) is 4. The number of rotatable bonds is 7. The van der Waals surface area contributed by atoms with Crippen LogP contribution >= 0.6 is 11.6 Å². The van der Waals surface area contributed by atoms with Crippen molar-refractivity contribution < 1.29 is 18.4 Å². The molecule has 5 rings (SSSR count). The van der Waals surface area contributed by atoms with Crippen LogP contribution in [-0.4, -0.2) is 31.6 Å². The number of hydrogen-bond donors (Lipinski definition) is 3. The van der Waals surface area contributed by atoms with Crippen molar-refractivity contribution in [1.29, 1.82) is 0 Å². The van der Waals surface area contributed by atoms with E-state index in [1.165, 1.54) is 23.0 Å². The highest BCUT2D eigenvalue weighted by atomic mass is 35.5. The molecule has 0 aliphatic heterocycles. The maximum atomic E-state index is 14.7. The molecule has 2 aromatic carbocycles. The average Bonchev–Trinajstić information content (AvgIpc) is 3.37. The van der Waals surface area contributed by atoms with Crippen LogP contribution in [0.2, 0.25) is 5.02 Å². The van der Waals surface area contributed by atoms with Crippen LogP contribution in [0.25, 0.3) is 16.9 Å². The van der Waals surface area contributed by atoms with Crippen LogP contribution in [0, 0.1) is 11.6 Å². The first-order valence-electron chi connectivity index (χ1n) is 11.9. The fraction of sp³-hybridized carbons (Fsp3) is 0.0357. The number of benzene rings is 2. The van der Waals surface area contributed by atoms with Gasteiger partial charge in [0.15, 0.2) is 5.69 Å². The van der Waals surface area contributed by atoms with Gasteiger partial charge in [-0.1, -0.05) is 35.9 Å². The van der Waals surface area contributed by atoms with Gasteiger partial charge in [-0.05, 0) is 42.5 Å². The summed E-state index contributed by atoms with van der Waals surface area (Å²) in [4.78, 5) is 34.1. The molecule has 12 heteroatoms. The Morgan fingerprint density at radius 1 is 0.900 bits per heavy atom. The van der Waals surface area contributed by atoms with Gasteiger partial charge in [0.2, 0.25) is 0 Å². The van der Waals surface area contributed by atoms with Crippen LogP contribution in [0.15, 0.2) is 85.2 Å². The summed E-state index contributed by atoms with van der Waals surface area (Å²) in [7, 11) is 0. The van der Waals surface area contributed by atoms with Crippen LogP contribution in [0.5, 0.6) is 0 Å². The molecule has 0 fully saturated rings. The van der Waals surface area contributed by atoms with Gasteiger partial charge >= 0.3 is 0 Å². The third-order valence-electron chi connectivity index (χ3n) is 5.86. The smallest absolute Gasteiger partial charge is 0.272 e. The third kappa shape index (κ3) is 5.49. The summed E-state index contributed by atoms with van der Waals surface area (Å²) in [5, 5.41) is 9.56. The second-order valence-electron chi connectivity index (χ2n) is 8.49. The van der Waals surface area contributed by atoms with Crippen LogP contribution < -0.4 is 16.4 Å². The number of carbonyl (C=O) groups is 2. The minimum absolute atomic E-state index is 0.00284. The molecule has 0 saturated heterocycles. The number of halogens is 3. The summed E-state index contributed by atoms with van der Waals surface area (Å²) >= 11 is 6.20. The lowest BCUT2D eigenvalue weighted by Crippen LogP contribution is -2.24. The maximum Gasteiger partial charge on any atom is 0.272 e. The number of carbonyl (C=O) groups excluding carboxylic acids is 2. The van der Waals surface area contributed by atoms with E-state index in [4.69, 9.17) is 17.3 Å². The van der Waals surface area contributed by atoms with E-state index >= 15 is 0 Å². The minimum atomic E-state index is -0.846. The predicted molar refractivity (Wildman–Crippen MR) is 146 cm³/mol. The zero-order chi connectivity index (χ0) is 28.2. The van der Waals surface area contributed by atoms with Crippen molar-refractivity contribution in [2.75, 3.05) is 11.1 Å². The molecular weight excluding hydrogens is 540 g/mol. The average molecular weight is 560 g/mol. The molecular formula is C28H20ClF2N7O2. The number of hydrogen-bond acceptors (Lipinski definition) is 6. The molecule has 3 aromatic heterocycles. The minimum Gasteiger partial charge on any atom is -0.383 e. The molecule has 0 radical (unpaired) electrons. The van der Waals surface area contributed by atoms with Crippen molar-refractivity contribution in [3.05, 3.63) is 119 Å². The zero-order valence-electron chi connectivity index (χ0n) is 20.6. The van der Waals surface area contributed by atoms with Crippen LogP contribution in [0.3, 0.4) is 0 Å². The molecule has 40 heavy (non-hydrogen) atoms. The number of nitrogen functional groups attached to an aromatic ring is 1. The summed E-state index contributed by atoms with van der Waals surface area (Å²) in [5.74, 6) is -2.46. The summed E-state index contributed by atoms with van der Waals surface area (Å²) in [6.07, 6.45) is 2.85. The lowest BCUT2D eigenvalue weighted by molar-refractivity contribution is 0.0944. The first kappa shape index (κ1) is 26.4. The molecule has 5 aromatic rings. The normalized spacial score (nSPS) is 10.8. The van der Waals surface area contributed by atoms with Gasteiger partial charge in [-0.15, -0.1) is 0 Å². The van der Waals surface area contributed by atoms with Gasteiger partial charge in [0, 0.05) is 36.1 Å². The third-order valence-corrected chi connectivity index (χ3v) is 6.18. The van der Waals surface area contributed by atoms with E-state index in [1.54, 1.807) is 48.7 Å². The monoisotopic (exact) mass is 559 g/mol. The van der Waals surface area contributed by atoms with Crippen LogP contribution in [0.4, 0.5) is 20.4 Å². The quantitative estimate of drug-likeness (QED) is 0.257. The van der Waals surface area contributed by atoms with Crippen molar-refractivity contribution in [1.82, 2.24) is 25.1 Å². The number of aromatic nitrogens is 4. The van der Waals surface area contributed by atoms with E-state index in [1.807, 2.05) is 0 Å². The van der Waals surface area contributed by atoms with Gasteiger partial charge in [0.25, 0.3) is 11.8 Å². The molecule has 0 bridgehead atoms. The highest BCUT2D eigenvalue weighted by Crippen LogP contribution is 2.30. The van der Waals surface area contributed by atoms with E-state index in [-0.39, 0.29) is 45.7 Å². The Kier molecular flexibility index (Phi) is 7.47. The van der Waals surface area contributed by atoms with Crippen molar-refractivity contribution in [2.45, 2.75) is 6.54 Å². The van der Waals surface area contributed by atoms with E-state index in [0.29, 0.717) is 11.3 Å². The SMILES string of the molecule is Nc1ncccc1CNC(=O)c1cc(NC(=O)c2cc(-c3ncccc3F)c(F)cc2Cl)n(-c2ccccc2)n1. The highest BCUT2D eigenvalue weighted by Gasteiger charge is 2.22. The Labute approximate surface area is 231 Å². The Bertz CT molecular complexity index is 1730. The Balaban J connectivity index is 1.46. The molecule has 0 atom stereocenters. The van der Waals surface area contributed by atoms with Crippen molar-refractivity contribution in [2.24, 2.45) is 0 Å². The van der Waals surface area contributed by atoms with Gasteiger partial charge in [-0.3, -0.25) is 14.6 Å². The second kappa shape index (κ2) is 11.3. The van der Waals surface area contributed by atoms with Crippen LogP contribution in [-0.2, 0) is 6.54 Å². The molecule has 200 valence electrons. The van der Waals surface area contributed by atoms with Gasteiger partial charge in [0.1, 0.15) is 29.0 Å². The van der Waals surface area contributed by atoms with Crippen molar-refractivity contribution in [3.8, 4) is 16.9 Å². The Hall–Kier alpha value is -5.16. The summed E-state index contributed by atoms with van der Waals surface area (Å²) < 4.78 is 30.4. The first-order valence-corrected chi connectivity index (χ1v) is 12.2. The molecule has 4 N–H and O–H groups in total. The number of para-hydroxylation sites is 1. The standard InChI is InChI=1S/C28H20ClF2N7O2/c29-20-13-22(31)19(25-21(30)9-5-10-33-25)12-18(20)27(39)36-24-14-23(37-38(24)17-7-2-1-3-8-17)28(40)35-15-16-6-4-11-34-26(16)32/h1-14H,15H2,(H2,32,34)(H,35,40)(H,36,39). The molecule has 0 spiro atoms. The number of nitrogens with one attached hydrogen (secondary N) is 2. The molecule has 0 unspecified atom stereocenters. The van der Waals surface area contributed by atoms with Gasteiger partial charge < -0.3 is 16.4 Å². The fourth-order valence-corrected chi connectivity index (χ4v) is 4.12. The lowest BCUT2D eigenvalue weighted by Gasteiger charge is -2.11. The number of pyridine rings is 2. The highest BCUT2D eigenvalue weighted by molar-refractivity contribution is 6.34. The van der Waals surface area contributed by atoms with Gasteiger partial charge in [-0.2, -0.15) is 5.10 Å².